The molecule has 0 aliphatic carbocycles. The molecule has 1 aromatic carbocycles. The highest BCUT2D eigenvalue weighted by atomic mass is 32.2. The number of hydrogen-bond acceptors (Lipinski definition) is 6. The van der Waals surface area contributed by atoms with Gasteiger partial charge in [-0.05, 0) is 64.4 Å². The summed E-state index contributed by atoms with van der Waals surface area (Å²) < 4.78 is 2.88. The molecule has 0 bridgehead atoms. The predicted molar refractivity (Wildman–Crippen MR) is 123 cm³/mol. The fourth-order valence-corrected chi connectivity index (χ4v) is 5.09. The molecule has 4 rings (SSSR count). The average Bonchev–Trinajstić information content (AvgIpc) is 3.28. The van der Waals surface area contributed by atoms with Gasteiger partial charge in [-0.25, -0.2) is 14.6 Å². The van der Waals surface area contributed by atoms with Gasteiger partial charge in [0.05, 0.1) is 17.5 Å². The summed E-state index contributed by atoms with van der Waals surface area (Å²) in [5.41, 5.74) is 4.86. The Kier molecular flexibility index (Phi) is 5.62. The normalized spacial score (nSPS) is 11.4. The van der Waals surface area contributed by atoms with E-state index >= 15 is 0 Å². The molecule has 0 saturated heterocycles. The van der Waals surface area contributed by atoms with Crippen LogP contribution < -0.4 is 5.32 Å². The Morgan fingerprint density at radius 3 is 2.63 bits per heavy atom. The molecule has 8 heteroatoms. The first-order valence-corrected chi connectivity index (χ1v) is 11.4. The van der Waals surface area contributed by atoms with Crippen molar-refractivity contribution in [2.24, 2.45) is 0 Å². The van der Waals surface area contributed by atoms with E-state index in [4.69, 9.17) is 0 Å². The Hall–Kier alpha value is -2.71. The second kappa shape index (κ2) is 8.20. The standard InChI is InChI=1S/C22H23N5OS2/c1-12(2)27-20-16(10-23-27)9-18(15(5)25-20)21(28)26-19-7-6-17(8-13(19)3)30-22-24-14(4)11-29-22/h6-12H,1-5H3,(H,26,28). The molecular weight excluding hydrogens is 414 g/mol. The monoisotopic (exact) mass is 437 g/mol. The van der Waals surface area contributed by atoms with Gasteiger partial charge >= 0.3 is 0 Å². The second-order valence-electron chi connectivity index (χ2n) is 7.50. The highest BCUT2D eigenvalue weighted by Gasteiger charge is 2.16. The SMILES string of the molecule is Cc1csc(Sc2ccc(NC(=O)c3cc4cnn(C(C)C)c4nc3C)c(C)c2)n1. The van der Waals surface area contributed by atoms with E-state index in [-0.39, 0.29) is 11.9 Å². The lowest BCUT2D eigenvalue weighted by Gasteiger charge is -2.12. The van der Waals surface area contributed by atoms with Crippen molar-refractivity contribution < 1.29 is 4.79 Å². The van der Waals surface area contributed by atoms with E-state index in [1.54, 1.807) is 29.3 Å². The third-order valence-corrected chi connectivity index (χ3v) is 6.79. The van der Waals surface area contributed by atoms with Crippen molar-refractivity contribution in [2.75, 3.05) is 5.32 Å². The molecule has 0 radical (unpaired) electrons. The zero-order chi connectivity index (χ0) is 21.4. The molecule has 3 aromatic heterocycles. The highest BCUT2D eigenvalue weighted by molar-refractivity contribution is 8.01. The molecular formula is C22H23N5OS2. The van der Waals surface area contributed by atoms with Crippen LogP contribution in [0.4, 0.5) is 5.69 Å². The molecule has 1 N–H and O–H groups in total. The summed E-state index contributed by atoms with van der Waals surface area (Å²) in [6, 6.07) is 8.08. The fraction of sp³-hybridized carbons (Fsp3) is 0.273. The van der Waals surface area contributed by atoms with Gasteiger partial charge in [-0.15, -0.1) is 11.3 Å². The Bertz CT molecular complexity index is 1240. The van der Waals surface area contributed by atoms with Crippen LogP contribution in [0.25, 0.3) is 11.0 Å². The Labute approximate surface area is 183 Å². The van der Waals surface area contributed by atoms with Crippen molar-refractivity contribution in [3.8, 4) is 0 Å². The number of fused-ring (bicyclic) bond motifs is 1. The Morgan fingerprint density at radius 2 is 1.97 bits per heavy atom. The minimum atomic E-state index is -0.168. The van der Waals surface area contributed by atoms with Crippen molar-refractivity contribution in [1.29, 1.82) is 0 Å². The van der Waals surface area contributed by atoms with Crippen molar-refractivity contribution in [3.63, 3.8) is 0 Å². The maximum Gasteiger partial charge on any atom is 0.257 e. The fourth-order valence-electron chi connectivity index (χ4n) is 3.18. The number of nitrogens with zero attached hydrogens (tertiary/aromatic N) is 4. The molecule has 0 aliphatic heterocycles. The van der Waals surface area contributed by atoms with Gasteiger partial charge < -0.3 is 5.32 Å². The van der Waals surface area contributed by atoms with Gasteiger partial charge in [-0.2, -0.15) is 5.10 Å². The van der Waals surface area contributed by atoms with Crippen molar-refractivity contribution in [3.05, 3.63) is 58.4 Å². The quantitative estimate of drug-likeness (QED) is 0.427. The number of anilines is 1. The van der Waals surface area contributed by atoms with E-state index in [0.29, 0.717) is 11.3 Å². The molecule has 3 heterocycles. The number of hydrogen-bond donors (Lipinski definition) is 1. The number of carbonyl (C=O) groups is 1. The van der Waals surface area contributed by atoms with Crippen LogP contribution in [0, 0.1) is 20.8 Å². The van der Waals surface area contributed by atoms with E-state index in [9.17, 15) is 4.79 Å². The van der Waals surface area contributed by atoms with Crippen LogP contribution in [0.3, 0.4) is 0 Å². The summed E-state index contributed by atoms with van der Waals surface area (Å²) in [4.78, 5) is 23.2. The summed E-state index contributed by atoms with van der Waals surface area (Å²) in [5, 5.41) is 10.3. The predicted octanol–water partition coefficient (Wildman–Crippen LogP) is 5.80. The smallest absolute Gasteiger partial charge is 0.257 e. The van der Waals surface area contributed by atoms with Gasteiger partial charge in [-0.1, -0.05) is 11.8 Å². The summed E-state index contributed by atoms with van der Waals surface area (Å²) >= 11 is 3.27. The maximum atomic E-state index is 13.0. The number of rotatable bonds is 5. The Balaban J connectivity index is 1.55. The zero-order valence-corrected chi connectivity index (χ0v) is 19.2. The largest absolute Gasteiger partial charge is 0.322 e. The number of benzene rings is 1. The van der Waals surface area contributed by atoms with Crippen LogP contribution in [-0.4, -0.2) is 25.7 Å². The van der Waals surface area contributed by atoms with Crippen LogP contribution in [0.15, 0.2) is 45.1 Å². The first-order valence-electron chi connectivity index (χ1n) is 9.68. The van der Waals surface area contributed by atoms with Crippen LogP contribution in [0.1, 0.15) is 47.2 Å². The highest BCUT2D eigenvalue weighted by Crippen LogP contribution is 2.32. The van der Waals surface area contributed by atoms with Gasteiger partial charge in [0, 0.05) is 33.1 Å². The summed E-state index contributed by atoms with van der Waals surface area (Å²) in [6.45, 7) is 9.96. The number of aryl methyl sites for hydroxylation is 3. The molecule has 1 amide bonds. The van der Waals surface area contributed by atoms with E-state index in [1.165, 1.54) is 0 Å². The summed E-state index contributed by atoms with van der Waals surface area (Å²) in [7, 11) is 0. The molecule has 0 aliphatic rings. The van der Waals surface area contributed by atoms with E-state index < -0.39 is 0 Å². The summed E-state index contributed by atoms with van der Waals surface area (Å²) in [5.74, 6) is -0.168. The molecule has 0 atom stereocenters. The third-order valence-electron chi connectivity index (χ3n) is 4.74. The molecule has 0 spiro atoms. The van der Waals surface area contributed by atoms with E-state index in [2.05, 4.69) is 40.3 Å². The van der Waals surface area contributed by atoms with E-state index in [1.807, 2.05) is 49.0 Å². The van der Waals surface area contributed by atoms with Crippen molar-refractivity contribution >= 4 is 45.7 Å². The van der Waals surface area contributed by atoms with Crippen LogP contribution in [0.2, 0.25) is 0 Å². The Morgan fingerprint density at radius 1 is 1.17 bits per heavy atom. The number of thiazole rings is 1. The zero-order valence-electron chi connectivity index (χ0n) is 17.6. The summed E-state index contributed by atoms with van der Waals surface area (Å²) in [6.07, 6.45) is 1.76. The van der Waals surface area contributed by atoms with Gasteiger partial charge in [-0.3, -0.25) is 4.79 Å². The maximum absolute atomic E-state index is 13.0. The van der Waals surface area contributed by atoms with Gasteiger partial charge in [0.25, 0.3) is 5.91 Å². The minimum absolute atomic E-state index is 0.168. The molecule has 4 aromatic rings. The third kappa shape index (κ3) is 4.11. The number of aromatic nitrogens is 4. The van der Waals surface area contributed by atoms with Crippen LogP contribution in [-0.2, 0) is 0 Å². The lowest BCUT2D eigenvalue weighted by Crippen LogP contribution is -2.15. The lowest BCUT2D eigenvalue weighted by molar-refractivity contribution is 0.102. The topological polar surface area (TPSA) is 72.7 Å². The molecule has 0 fully saturated rings. The molecule has 30 heavy (non-hydrogen) atoms. The molecule has 154 valence electrons. The minimum Gasteiger partial charge on any atom is -0.322 e. The number of nitrogens with one attached hydrogen (secondary N) is 1. The van der Waals surface area contributed by atoms with Gasteiger partial charge in [0.1, 0.15) is 0 Å². The van der Waals surface area contributed by atoms with Crippen molar-refractivity contribution in [1.82, 2.24) is 19.7 Å². The molecule has 6 nitrogen and oxygen atoms in total. The molecule has 0 saturated carbocycles. The first kappa shape index (κ1) is 20.6. The average molecular weight is 438 g/mol. The number of amides is 1. The van der Waals surface area contributed by atoms with Crippen molar-refractivity contribution in [2.45, 2.75) is 49.9 Å². The number of pyridine rings is 1. The second-order valence-corrected chi connectivity index (χ2v) is 9.68. The first-order chi connectivity index (χ1) is 14.3. The van der Waals surface area contributed by atoms with Crippen LogP contribution >= 0.6 is 23.1 Å². The van der Waals surface area contributed by atoms with Gasteiger partial charge in [0.15, 0.2) is 9.99 Å². The van der Waals surface area contributed by atoms with Gasteiger partial charge in [0.2, 0.25) is 0 Å². The van der Waals surface area contributed by atoms with E-state index in [0.717, 1.165) is 37.2 Å². The van der Waals surface area contributed by atoms with Crippen LogP contribution in [0.5, 0.6) is 0 Å². The molecule has 0 unspecified atom stereocenters. The number of carbonyl (C=O) groups excluding carboxylic acids is 1. The lowest BCUT2D eigenvalue weighted by atomic mass is 10.1.